The molecule has 2 saturated carbocycles. The summed E-state index contributed by atoms with van der Waals surface area (Å²) in [6.07, 6.45) is 8.34. The zero-order valence-corrected chi connectivity index (χ0v) is 28.7. The number of aryl methyl sites for hydroxylation is 2. The Morgan fingerprint density at radius 3 is 2.26 bits per heavy atom. The first kappa shape index (κ1) is 39.9. The number of nitrogens with zero attached hydrogens (tertiary/aromatic N) is 2. The average molecular weight is 661 g/mol. The minimum Gasteiger partial charge on any atom is -0.384 e. The van der Waals surface area contributed by atoms with Crippen LogP contribution >= 0.6 is 9.24 Å². The average Bonchev–Trinajstić information content (AvgIpc) is 3.50. The highest BCUT2D eigenvalue weighted by atomic mass is 31.0. The Bertz CT molecular complexity index is 1340. The van der Waals surface area contributed by atoms with Crippen molar-refractivity contribution in [1.82, 2.24) is 25.7 Å². The standard InChI is InChI=1S/C16H23N3O2.C13H17N3O5.C2H4.CH5P/c1-17-13-6-3-9-19(16(13)21)10-14(20)18-15-11-4-2-5-12(15)8-7-11;1-7-11(8(2)21-16-7)13(20)15-9(6-17)4-5-10(18)12(19)14-3;2*1-2/h3,6,9,11-12,15,17H,2,4-5,7-8,10H2,1H3,(H,18,20);6,9H,4-5H2,1-3H3,(H,14,19)(H,15,20);1-2H2;2H2,1H3. The van der Waals surface area contributed by atoms with Crippen LogP contribution in [-0.2, 0) is 25.7 Å². The molecule has 0 spiro atoms. The molecule has 0 radical (unpaired) electrons. The number of carbonyl (C=O) groups excluding carboxylic acids is 5. The summed E-state index contributed by atoms with van der Waals surface area (Å²) in [6.45, 7) is 11.2. The summed E-state index contributed by atoms with van der Waals surface area (Å²) in [5.41, 5.74) is 1.04. The maximum absolute atomic E-state index is 12.3. The van der Waals surface area contributed by atoms with Gasteiger partial charge in [0.25, 0.3) is 17.4 Å². The van der Waals surface area contributed by atoms with E-state index in [0.29, 0.717) is 41.3 Å². The van der Waals surface area contributed by atoms with Crippen molar-refractivity contribution in [3.05, 3.63) is 58.9 Å². The molecule has 46 heavy (non-hydrogen) atoms. The van der Waals surface area contributed by atoms with Crippen molar-refractivity contribution in [2.45, 2.75) is 77.4 Å². The third kappa shape index (κ3) is 11.3. The molecule has 2 aromatic rings. The Morgan fingerprint density at radius 1 is 1.11 bits per heavy atom. The molecule has 2 heterocycles. The summed E-state index contributed by atoms with van der Waals surface area (Å²) < 4.78 is 6.33. The first-order valence-corrected chi connectivity index (χ1v) is 16.4. The predicted octanol–water partition coefficient (Wildman–Crippen LogP) is 2.56. The Hall–Kier alpha value is -4.12. The van der Waals surface area contributed by atoms with Crippen molar-refractivity contribution in [2.24, 2.45) is 11.8 Å². The zero-order valence-electron chi connectivity index (χ0n) is 27.5. The van der Waals surface area contributed by atoms with Crippen LogP contribution < -0.4 is 26.8 Å². The van der Waals surface area contributed by atoms with Crippen LogP contribution in [0, 0.1) is 25.7 Å². The third-order valence-corrected chi connectivity index (χ3v) is 7.91. The molecule has 2 aliphatic rings. The van der Waals surface area contributed by atoms with Crippen LogP contribution in [0.2, 0.25) is 0 Å². The van der Waals surface area contributed by atoms with Gasteiger partial charge in [-0.15, -0.1) is 22.4 Å². The number of anilines is 1. The molecular formula is C32H49N6O7P. The Morgan fingerprint density at radius 2 is 1.74 bits per heavy atom. The lowest BCUT2D eigenvalue weighted by Gasteiger charge is -2.30. The third-order valence-electron chi connectivity index (χ3n) is 7.91. The van der Waals surface area contributed by atoms with Gasteiger partial charge in [0, 0.05) is 32.8 Å². The summed E-state index contributed by atoms with van der Waals surface area (Å²) in [4.78, 5) is 69.7. The van der Waals surface area contributed by atoms with E-state index in [1.807, 2.05) is 6.66 Å². The maximum Gasteiger partial charge on any atom is 0.287 e. The molecule has 4 rings (SSSR count). The van der Waals surface area contributed by atoms with Crippen molar-refractivity contribution in [3.63, 3.8) is 0 Å². The minimum atomic E-state index is -0.861. The topological polar surface area (TPSA) is 182 Å². The number of fused-ring (bicyclic) bond motifs is 2. The molecule has 4 unspecified atom stereocenters. The predicted molar refractivity (Wildman–Crippen MR) is 181 cm³/mol. The number of amides is 3. The van der Waals surface area contributed by atoms with E-state index in [0.717, 1.165) is 0 Å². The van der Waals surface area contributed by atoms with Crippen molar-refractivity contribution in [2.75, 3.05) is 26.1 Å². The molecule has 14 heteroatoms. The number of carbonyl (C=O) groups is 5. The van der Waals surface area contributed by atoms with Gasteiger partial charge in [-0.1, -0.05) is 18.2 Å². The molecule has 2 fully saturated rings. The van der Waals surface area contributed by atoms with Gasteiger partial charge < -0.3 is 35.2 Å². The van der Waals surface area contributed by atoms with Crippen LogP contribution in [0.4, 0.5) is 5.69 Å². The number of hydrogen-bond donors (Lipinski definition) is 4. The minimum absolute atomic E-state index is 0.0465. The summed E-state index contributed by atoms with van der Waals surface area (Å²) in [7, 11) is 5.47. The van der Waals surface area contributed by atoms with Crippen molar-refractivity contribution in [1.29, 1.82) is 0 Å². The number of aldehydes is 1. The number of ketones is 1. The molecule has 254 valence electrons. The van der Waals surface area contributed by atoms with Crippen LogP contribution in [-0.4, -0.2) is 72.4 Å². The molecule has 3 amide bonds. The van der Waals surface area contributed by atoms with E-state index in [1.165, 1.54) is 43.7 Å². The largest absolute Gasteiger partial charge is 0.384 e. The molecule has 0 saturated heterocycles. The van der Waals surface area contributed by atoms with Crippen LogP contribution in [0.25, 0.3) is 0 Å². The molecule has 13 nitrogen and oxygen atoms in total. The van der Waals surface area contributed by atoms with Crippen molar-refractivity contribution in [3.8, 4) is 0 Å². The summed E-state index contributed by atoms with van der Waals surface area (Å²) in [6, 6.07) is 2.97. The fourth-order valence-electron chi connectivity index (χ4n) is 5.70. The fourth-order valence-corrected chi connectivity index (χ4v) is 5.70. The second-order valence-corrected chi connectivity index (χ2v) is 10.7. The smallest absolute Gasteiger partial charge is 0.287 e. The van der Waals surface area contributed by atoms with Crippen molar-refractivity contribution >= 4 is 44.7 Å². The van der Waals surface area contributed by atoms with Crippen molar-refractivity contribution < 1.29 is 28.5 Å². The second-order valence-electron chi connectivity index (χ2n) is 10.7. The number of rotatable bonds is 11. The quantitative estimate of drug-likeness (QED) is 0.122. The number of pyridine rings is 1. The molecule has 4 N–H and O–H groups in total. The zero-order chi connectivity index (χ0) is 34.8. The van der Waals surface area contributed by atoms with Gasteiger partial charge in [-0.05, 0) is 69.9 Å². The van der Waals surface area contributed by atoms with E-state index in [-0.39, 0.29) is 36.4 Å². The van der Waals surface area contributed by atoms with E-state index in [9.17, 15) is 28.8 Å². The monoisotopic (exact) mass is 660 g/mol. The SMILES string of the molecule is C=C.CNC(=O)C(=O)CCC(C=O)NC(=O)c1c(C)noc1C.CNc1cccn(CC(=O)NC2C3CCCC2CC3)c1=O.CP. The number of aromatic nitrogens is 2. The van der Waals surface area contributed by atoms with Gasteiger partial charge in [0.1, 0.15) is 29.8 Å². The molecule has 2 aromatic heterocycles. The number of nitrogens with one attached hydrogen (secondary N) is 4. The Labute approximate surface area is 272 Å². The van der Waals surface area contributed by atoms with Gasteiger partial charge in [-0.3, -0.25) is 24.0 Å². The Kier molecular flexibility index (Phi) is 18.1. The summed E-state index contributed by atoms with van der Waals surface area (Å²) >= 11 is 0. The molecule has 2 bridgehead atoms. The highest BCUT2D eigenvalue weighted by Gasteiger charge is 2.39. The van der Waals surface area contributed by atoms with Gasteiger partial charge in [0.05, 0.1) is 11.7 Å². The normalized spacial score (nSPS) is 18.0. The molecule has 4 atom stereocenters. The maximum atomic E-state index is 12.3. The fraction of sp³-hybridized carbons (Fsp3) is 0.531. The van der Waals surface area contributed by atoms with Crippen LogP contribution in [0.3, 0.4) is 0 Å². The molecule has 0 aromatic carbocycles. The van der Waals surface area contributed by atoms with E-state index < -0.39 is 23.6 Å². The van der Waals surface area contributed by atoms with Crippen LogP contribution in [0.5, 0.6) is 0 Å². The van der Waals surface area contributed by atoms with Gasteiger partial charge in [0.15, 0.2) is 0 Å². The first-order valence-electron chi connectivity index (χ1n) is 15.3. The van der Waals surface area contributed by atoms with Gasteiger partial charge in [-0.2, -0.15) is 0 Å². The Balaban J connectivity index is 0.000000415. The van der Waals surface area contributed by atoms with E-state index in [4.69, 9.17) is 4.52 Å². The lowest BCUT2D eigenvalue weighted by molar-refractivity contribution is -0.137. The number of hydrogen-bond acceptors (Lipinski definition) is 9. The van der Waals surface area contributed by atoms with Gasteiger partial charge in [0.2, 0.25) is 11.7 Å². The first-order chi connectivity index (χ1) is 22.1. The molecule has 2 aliphatic carbocycles. The highest BCUT2D eigenvalue weighted by Crippen LogP contribution is 2.42. The van der Waals surface area contributed by atoms with Crippen LogP contribution in [0.15, 0.2) is 40.8 Å². The molecular weight excluding hydrogens is 611 g/mol. The summed E-state index contributed by atoms with van der Waals surface area (Å²) in [5.74, 6) is -0.283. The van der Waals surface area contributed by atoms with Gasteiger partial charge >= 0.3 is 0 Å². The van der Waals surface area contributed by atoms with Crippen LogP contribution in [0.1, 0.15) is 66.8 Å². The highest BCUT2D eigenvalue weighted by molar-refractivity contribution is 7.15. The lowest BCUT2D eigenvalue weighted by Crippen LogP contribution is -2.45. The van der Waals surface area contributed by atoms with E-state index in [1.54, 1.807) is 39.2 Å². The number of Topliss-reactive ketones (excluding diaryl/α,β-unsaturated/α-hetero) is 1. The summed E-state index contributed by atoms with van der Waals surface area (Å²) in [5, 5.41) is 14.3. The number of likely N-dealkylation sites (N-methyl/N-ethyl adjacent to an activating group) is 1. The van der Waals surface area contributed by atoms with Gasteiger partial charge in [-0.25, -0.2) is 0 Å². The van der Waals surface area contributed by atoms with E-state index >= 15 is 0 Å². The van der Waals surface area contributed by atoms with E-state index in [2.05, 4.69) is 48.8 Å². The lowest BCUT2D eigenvalue weighted by atomic mass is 9.84. The molecule has 0 aliphatic heterocycles. The second kappa shape index (κ2) is 20.8.